The molecule has 15 heavy (non-hydrogen) atoms. The fourth-order valence-corrected chi connectivity index (χ4v) is 1.57. The Hall–Kier alpha value is -0.530. The van der Waals surface area contributed by atoms with Crippen LogP contribution in [0.1, 0.15) is 31.4 Å². The number of nitrogens with one attached hydrogen (secondary N) is 1. The highest BCUT2D eigenvalue weighted by molar-refractivity contribution is 6.18. The molecule has 0 spiro atoms. The molecule has 84 valence electrons. The van der Waals surface area contributed by atoms with Crippen LogP contribution in [0.5, 0.6) is 0 Å². The maximum absolute atomic E-state index is 5.94. The zero-order valence-electron chi connectivity index (χ0n) is 9.81. The van der Waals surface area contributed by atoms with Crippen LogP contribution in [-0.4, -0.2) is 11.4 Å². The highest BCUT2D eigenvalue weighted by atomic mass is 35.5. The van der Waals surface area contributed by atoms with Crippen LogP contribution in [0.2, 0.25) is 0 Å². The Bertz CT molecular complexity index is 288. The summed E-state index contributed by atoms with van der Waals surface area (Å²) in [6.07, 6.45) is 1.04. The van der Waals surface area contributed by atoms with E-state index in [0.717, 1.165) is 13.0 Å². The van der Waals surface area contributed by atoms with Gasteiger partial charge in [0.15, 0.2) is 0 Å². The van der Waals surface area contributed by atoms with E-state index in [4.69, 9.17) is 11.6 Å². The quantitative estimate of drug-likeness (QED) is 0.757. The Morgan fingerprint density at radius 1 is 1.27 bits per heavy atom. The predicted molar refractivity (Wildman–Crippen MR) is 67.4 cm³/mol. The van der Waals surface area contributed by atoms with Crippen molar-refractivity contribution in [1.29, 1.82) is 0 Å². The van der Waals surface area contributed by atoms with Crippen LogP contribution in [-0.2, 0) is 6.54 Å². The second-order valence-corrected chi connectivity index (χ2v) is 4.65. The minimum atomic E-state index is 0.0481. The summed E-state index contributed by atoms with van der Waals surface area (Å²) in [6.45, 7) is 7.31. The van der Waals surface area contributed by atoms with Crippen LogP contribution in [0.4, 0.5) is 0 Å². The van der Waals surface area contributed by atoms with Crippen LogP contribution < -0.4 is 5.32 Å². The molecule has 1 N–H and O–H groups in total. The van der Waals surface area contributed by atoms with Gasteiger partial charge in [0.05, 0.1) is 0 Å². The van der Waals surface area contributed by atoms with E-state index in [1.165, 1.54) is 11.1 Å². The average molecular weight is 226 g/mol. The summed E-state index contributed by atoms with van der Waals surface area (Å²) in [5.74, 6) is 0.648. The van der Waals surface area contributed by atoms with E-state index in [1.54, 1.807) is 0 Å². The lowest BCUT2D eigenvalue weighted by Gasteiger charge is -2.27. The third-order valence-corrected chi connectivity index (χ3v) is 3.51. The summed E-state index contributed by atoms with van der Waals surface area (Å²) in [6, 6.07) is 8.60. The molecule has 0 bridgehead atoms. The molecule has 1 rings (SSSR count). The molecule has 2 heteroatoms. The normalized spacial score (nSPS) is 14.9. The molecule has 1 atom stereocenters. The fraction of sp³-hybridized carbons (Fsp3) is 0.538. The predicted octanol–water partition coefficient (Wildman–Crippen LogP) is 3.49. The fourth-order valence-electron chi connectivity index (χ4n) is 1.29. The van der Waals surface area contributed by atoms with E-state index < -0.39 is 0 Å². The van der Waals surface area contributed by atoms with E-state index in [-0.39, 0.29) is 5.54 Å². The molecule has 0 aromatic heterocycles. The molecule has 0 saturated heterocycles. The first-order chi connectivity index (χ1) is 7.09. The molecule has 0 fully saturated rings. The number of hydrogen-bond acceptors (Lipinski definition) is 1. The van der Waals surface area contributed by atoms with Crippen LogP contribution in [0.15, 0.2) is 24.3 Å². The summed E-state index contributed by atoms with van der Waals surface area (Å²) in [4.78, 5) is 0. The Balaban J connectivity index is 2.53. The van der Waals surface area contributed by atoms with Gasteiger partial charge in [-0.25, -0.2) is 0 Å². The van der Waals surface area contributed by atoms with Gasteiger partial charge in [0.2, 0.25) is 0 Å². The number of benzene rings is 1. The summed E-state index contributed by atoms with van der Waals surface area (Å²) in [7, 11) is 0. The monoisotopic (exact) mass is 225 g/mol. The van der Waals surface area contributed by atoms with Gasteiger partial charge in [0.1, 0.15) is 0 Å². The van der Waals surface area contributed by atoms with Crippen molar-refractivity contribution in [2.45, 2.75) is 39.3 Å². The Morgan fingerprint density at radius 2 is 1.87 bits per heavy atom. The van der Waals surface area contributed by atoms with Gasteiger partial charge in [-0.05, 0) is 25.8 Å². The van der Waals surface area contributed by atoms with Gasteiger partial charge in [-0.1, -0.05) is 36.8 Å². The molecule has 1 aromatic carbocycles. The molecule has 0 heterocycles. The Kier molecular flexibility index (Phi) is 4.62. The first-order valence-corrected chi connectivity index (χ1v) is 5.99. The van der Waals surface area contributed by atoms with Crippen molar-refractivity contribution >= 4 is 11.6 Å². The molecule has 0 saturated carbocycles. The van der Waals surface area contributed by atoms with Crippen molar-refractivity contribution in [2.75, 3.05) is 5.88 Å². The molecule has 0 aliphatic carbocycles. The maximum Gasteiger partial charge on any atom is 0.0403 e. The highest BCUT2D eigenvalue weighted by Gasteiger charge is 2.19. The largest absolute Gasteiger partial charge is 0.306 e. The molecule has 0 aliphatic rings. The highest BCUT2D eigenvalue weighted by Crippen LogP contribution is 2.12. The SMILES string of the molecule is CCC(C)(CCl)NCc1ccc(C)cc1. The first kappa shape index (κ1) is 12.5. The third kappa shape index (κ3) is 3.84. The van der Waals surface area contributed by atoms with E-state index >= 15 is 0 Å². The van der Waals surface area contributed by atoms with Crippen molar-refractivity contribution in [1.82, 2.24) is 5.32 Å². The van der Waals surface area contributed by atoms with Gasteiger partial charge >= 0.3 is 0 Å². The maximum atomic E-state index is 5.94. The molecule has 1 unspecified atom stereocenters. The number of halogens is 1. The lowest BCUT2D eigenvalue weighted by atomic mass is 10.0. The van der Waals surface area contributed by atoms with Crippen LogP contribution in [0.3, 0.4) is 0 Å². The minimum Gasteiger partial charge on any atom is -0.306 e. The third-order valence-electron chi connectivity index (χ3n) is 2.92. The molecule has 0 amide bonds. The number of hydrogen-bond donors (Lipinski definition) is 1. The molecule has 1 nitrogen and oxygen atoms in total. The Morgan fingerprint density at radius 3 is 2.33 bits per heavy atom. The number of rotatable bonds is 5. The second-order valence-electron chi connectivity index (χ2n) is 4.39. The van der Waals surface area contributed by atoms with Crippen molar-refractivity contribution < 1.29 is 0 Å². The molecule has 0 radical (unpaired) electrons. The Labute approximate surface area is 97.8 Å². The standard InChI is InChI=1S/C13H20ClN/c1-4-13(3,10-14)15-9-12-7-5-11(2)6-8-12/h5-8,15H,4,9-10H2,1-3H3. The molecule has 0 aliphatic heterocycles. The van der Waals surface area contributed by atoms with Crippen molar-refractivity contribution in [2.24, 2.45) is 0 Å². The second kappa shape index (κ2) is 5.53. The smallest absolute Gasteiger partial charge is 0.0403 e. The summed E-state index contributed by atoms with van der Waals surface area (Å²) in [5, 5.41) is 3.50. The zero-order chi connectivity index (χ0) is 11.3. The van der Waals surface area contributed by atoms with E-state index in [0.29, 0.717) is 5.88 Å². The average Bonchev–Trinajstić information content (AvgIpc) is 2.28. The zero-order valence-corrected chi connectivity index (χ0v) is 10.6. The van der Waals surface area contributed by atoms with E-state index in [1.807, 2.05) is 0 Å². The van der Waals surface area contributed by atoms with Gasteiger partial charge in [0.25, 0.3) is 0 Å². The van der Waals surface area contributed by atoms with Crippen molar-refractivity contribution in [3.8, 4) is 0 Å². The van der Waals surface area contributed by atoms with Gasteiger partial charge in [-0.3, -0.25) is 0 Å². The van der Waals surface area contributed by atoms with Crippen LogP contribution >= 0.6 is 11.6 Å². The van der Waals surface area contributed by atoms with Gasteiger partial charge in [0, 0.05) is 18.0 Å². The summed E-state index contributed by atoms with van der Waals surface area (Å²) < 4.78 is 0. The van der Waals surface area contributed by atoms with Gasteiger partial charge in [-0.2, -0.15) is 0 Å². The number of aryl methyl sites for hydroxylation is 1. The van der Waals surface area contributed by atoms with E-state index in [9.17, 15) is 0 Å². The van der Waals surface area contributed by atoms with Crippen molar-refractivity contribution in [3.63, 3.8) is 0 Å². The van der Waals surface area contributed by atoms with Gasteiger partial charge in [-0.15, -0.1) is 11.6 Å². The molecular weight excluding hydrogens is 206 g/mol. The summed E-state index contributed by atoms with van der Waals surface area (Å²) in [5.41, 5.74) is 2.66. The lowest BCUT2D eigenvalue weighted by Crippen LogP contribution is -2.42. The van der Waals surface area contributed by atoms with Crippen molar-refractivity contribution in [3.05, 3.63) is 35.4 Å². The number of alkyl halides is 1. The van der Waals surface area contributed by atoms with Crippen LogP contribution in [0, 0.1) is 6.92 Å². The van der Waals surface area contributed by atoms with E-state index in [2.05, 4.69) is 50.4 Å². The molecular formula is C13H20ClN. The van der Waals surface area contributed by atoms with Crippen LogP contribution in [0.25, 0.3) is 0 Å². The summed E-state index contributed by atoms with van der Waals surface area (Å²) >= 11 is 5.94. The first-order valence-electron chi connectivity index (χ1n) is 5.46. The molecule has 1 aromatic rings. The topological polar surface area (TPSA) is 12.0 Å². The lowest BCUT2D eigenvalue weighted by molar-refractivity contribution is 0.379. The van der Waals surface area contributed by atoms with Gasteiger partial charge < -0.3 is 5.32 Å². The minimum absolute atomic E-state index is 0.0481.